The van der Waals surface area contributed by atoms with Gasteiger partial charge in [0.15, 0.2) is 5.16 Å². The lowest BCUT2D eigenvalue weighted by Crippen LogP contribution is -2.43. The molecule has 1 aliphatic rings. The maximum absolute atomic E-state index is 9.50. The topological polar surface area (TPSA) is 67.7 Å². The van der Waals surface area contributed by atoms with Crippen LogP contribution in [0.4, 0.5) is 5.69 Å². The average molecular weight is 402 g/mol. The van der Waals surface area contributed by atoms with Crippen LogP contribution in [0.2, 0.25) is 0 Å². The van der Waals surface area contributed by atoms with Crippen LogP contribution < -0.4 is 10.2 Å². The van der Waals surface area contributed by atoms with Gasteiger partial charge in [0.25, 0.3) is 0 Å². The van der Waals surface area contributed by atoms with Gasteiger partial charge < -0.3 is 15.2 Å². The molecule has 1 aromatic heterocycles. The van der Waals surface area contributed by atoms with Crippen molar-refractivity contribution in [3.8, 4) is 6.07 Å². The number of aromatic nitrogens is 2. The van der Waals surface area contributed by atoms with Crippen molar-refractivity contribution in [2.45, 2.75) is 37.1 Å². The summed E-state index contributed by atoms with van der Waals surface area (Å²) in [5, 5.41) is 14.4. The van der Waals surface area contributed by atoms with Gasteiger partial charge in [0.1, 0.15) is 6.07 Å². The van der Waals surface area contributed by atoms with E-state index >= 15 is 0 Å². The standard InChI is InChI=1S/C17H23N5S.2ClH/c1-3-13(4-2)23-17-20-14-9-12(11-18)16(10-15(14)21-17)22-7-5-19-6-8-22;;/h9-10,13,19H,3-8H2,1-2H3,(H,20,21);2*1H. The van der Waals surface area contributed by atoms with Gasteiger partial charge in [0.05, 0.1) is 22.3 Å². The Morgan fingerprint density at radius 3 is 2.52 bits per heavy atom. The molecule has 25 heavy (non-hydrogen) atoms. The highest BCUT2D eigenvalue weighted by Crippen LogP contribution is 2.30. The van der Waals surface area contributed by atoms with Gasteiger partial charge in [-0.15, -0.1) is 24.8 Å². The minimum absolute atomic E-state index is 0. The maximum Gasteiger partial charge on any atom is 0.166 e. The van der Waals surface area contributed by atoms with Crippen molar-refractivity contribution >= 4 is 53.3 Å². The summed E-state index contributed by atoms with van der Waals surface area (Å²) >= 11 is 1.80. The van der Waals surface area contributed by atoms with Crippen LogP contribution in [-0.2, 0) is 0 Å². The van der Waals surface area contributed by atoms with Crippen molar-refractivity contribution in [2.75, 3.05) is 31.1 Å². The predicted octanol–water partition coefficient (Wildman–Crippen LogP) is 3.97. The third-order valence-corrected chi connectivity index (χ3v) is 5.76. The molecule has 5 nitrogen and oxygen atoms in total. The molecule has 0 bridgehead atoms. The number of nitriles is 1. The summed E-state index contributed by atoms with van der Waals surface area (Å²) in [6, 6.07) is 6.34. The van der Waals surface area contributed by atoms with Crippen molar-refractivity contribution in [3.63, 3.8) is 0 Å². The molecule has 3 rings (SSSR count). The Hall–Kier alpha value is -1.13. The first-order valence-electron chi connectivity index (χ1n) is 8.31. The van der Waals surface area contributed by atoms with Crippen LogP contribution in [0.1, 0.15) is 32.3 Å². The van der Waals surface area contributed by atoms with E-state index in [4.69, 9.17) is 0 Å². The van der Waals surface area contributed by atoms with E-state index in [0.717, 1.165) is 60.9 Å². The van der Waals surface area contributed by atoms with Crippen LogP contribution in [0.5, 0.6) is 0 Å². The molecule has 2 aromatic rings. The highest BCUT2D eigenvalue weighted by Gasteiger charge is 2.17. The highest BCUT2D eigenvalue weighted by atomic mass is 35.5. The first kappa shape index (κ1) is 21.9. The van der Waals surface area contributed by atoms with Gasteiger partial charge in [-0.1, -0.05) is 25.6 Å². The number of hydrogen-bond donors (Lipinski definition) is 2. The van der Waals surface area contributed by atoms with Crippen LogP contribution in [0, 0.1) is 11.3 Å². The summed E-state index contributed by atoms with van der Waals surface area (Å²) in [5.41, 5.74) is 3.63. The summed E-state index contributed by atoms with van der Waals surface area (Å²) in [6.07, 6.45) is 2.27. The van der Waals surface area contributed by atoms with E-state index < -0.39 is 0 Å². The molecule has 0 spiro atoms. The van der Waals surface area contributed by atoms with E-state index in [1.807, 2.05) is 6.07 Å². The molecule has 1 aliphatic heterocycles. The van der Waals surface area contributed by atoms with Crippen LogP contribution in [0.25, 0.3) is 11.0 Å². The molecule has 1 saturated heterocycles. The van der Waals surface area contributed by atoms with Gasteiger partial charge in [-0.3, -0.25) is 0 Å². The van der Waals surface area contributed by atoms with E-state index in [1.54, 1.807) is 11.8 Å². The second-order valence-electron chi connectivity index (χ2n) is 5.83. The van der Waals surface area contributed by atoms with Crippen molar-refractivity contribution in [1.29, 1.82) is 5.26 Å². The number of anilines is 1. The van der Waals surface area contributed by atoms with E-state index in [-0.39, 0.29) is 24.8 Å². The quantitative estimate of drug-likeness (QED) is 0.741. The number of H-pyrrole nitrogens is 1. The number of aromatic amines is 1. The fraction of sp³-hybridized carbons (Fsp3) is 0.529. The molecule has 0 saturated carbocycles. The molecule has 0 amide bonds. The number of halogens is 2. The van der Waals surface area contributed by atoms with Gasteiger partial charge in [-0.05, 0) is 25.0 Å². The third kappa shape index (κ3) is 4.95. The molecule has 2 N–H and O–H groups in total. The molecule has 0 aliphatic carbocycles. The summed E-state index contributed by atoms with van der Waals surface area (Å²) in [6.45, 7) is 8.21. The number of nitrogens with zero attached hydrogens (tertiary/aromatic N) is 3. The second-order valence-corrected chi connectivity index (χ2v) is 7.12. The van der Waals surface area contributed by atoms with E-state index in [0.29, 0.717) is 10.8 Å². The van der Waals surface area contributed by atoms with Gasteiger partial charge >= 0.3 is 0 Å². The fourth-order valence-corrected chi connectivity index (χ4v) is 3.92. The zero-order chi connectivity index (χ0) is 16.2. The Morgan fingerprint density at radius 2 is 1.92 bits per heavy atom. The van der Waals surface area contributed by atoms with Crippen LogP contribution in [0.3, 0.4) is 0 Å². The Bertz CT molecular complexity index is 718. The number of piperazine rings is 1. The Morgan fingerprint density at radius 1 is 1.24 bits per heavy atom. The van der Waals surface area contributed by atoms with Crippen LogP contribution >= 0.6 is 36.6 Å². The van der Waals surface area contributed by atoms with Gasteiger partial charge in [-0.2, -0.15) is 5.26 Å². The van der Waals surface area contributed by atoms with Crippen LogP contribution in [-0.4, -0.2) is 41.4 Å². The van der Waals surface area contributed by atoms with Crippen molar-refractivity contribution in [3.05, 3.63) is 17.7 Å². The largest absolute Gasteiger partial charge is 0.368 e. The van der Waals surface area contributed by atoms with Gasteiger partial charge in [0, 0.05) is 31.4 Å². The number of thioether (sulfide) groups is 1. The normalized spacial score (nSPS) is 14.1. The summed E-state index contributed by atoms with van der Waals surface area (Å²) in [4.78, 5) is 10.4. The lowest BCUT2D eigenvalue weighted by atomic mass is 10.1. The molecule has 138 valence electrons. The molecule has 2 heterocycles. The first-order chi connectivity index (χ1) is 11.2. The third-order valence-electron chi connectivity index (χ3n) is 4.34. The minimum atomic E-state index is 0. The zero-order valence-electron chi connectivity index (χ0n) is 14.5. The number of hydrogen-bond acceptors (Lipinski definition) is 5. The number of fused-ring (bicyclic) bond motifs is 1. The number of benzene rings is 1. The summed E-state index contributed by atoms with van der Waals surface area (Å²) in [7, 11) is 0. The van der Waals surface area contributed by atoms with E-state index in [9.17, 15) is 5.26 Å². The van der Waals surface area contributed by atoms with E-state index in [1.165, 1.54) is 0 Å². The summed E-state index contributed by atoms with van der Waals surface area (Å²) in [5.74, 6) is 0. The summed E-state index contributed by atoms with van der Waals surface area (Å²) < 4.78 is 0. The predicted molar refractivity (Wildman–Crippen MR) is 111 cm³/mol. The molecule has 0 unspecified atom stereocenters. The average Bonchev–Trinajstić information content (AvgIpc) is 3.00. The van der Waals surface area contributed by atoms with Crippen LogP contribution in [0.15, 0.2) is 17.3 Å². The van der Waals surface area contributed by atoms with Gasteiger partial charge in [-0.25, -0.2) is 4.98 Å². The SMILES string of the molecule is CCC(CC)Sc1nc2cc(C#N)c(N3CCNCC3)cc2[nH]1.Cl.Cl. The molecular weight excluding hydrogens is 377 g/mol. The zero-order valence-corrected chi connectivity index (χ0v) is 17.0. The lowest BCUT2D eigenvalue weighted by molar-refractivity contribution is 0.589. The highest BCUT2D eigenvalue weighted by molar-refractivity contribution is 7.99. The molecule has 0 atom stereocenters. The number of rotatable bonds is 5. The Labute approximate surface area is 165 Å². The smallest absolute Gasteiger partial charge is 0.166 e. The van der Waals surface area contributed by atoms with E-state index in [2.05, 4.69) is 46.2 Å². The molecular formula is C17H25Cl2N5S. The lowest BCUT2D eigenvalue weighted by Gasteiger charge is -2.30. The molecule has 8 heteroatoms. The molecule has 1 aromatic carbocycles. The van der Waals surface area contributed by atoms with Crippen molar-refractivity contribution < 1.29 is 0 Å². The Balaban J connectivity index is 0.00000156. The van der Waals surface area contributed by atoms with Gasteiger partial charge in [0.2, 0.25) is 0 Å². The molecule has 0 radical (unpaired) electrons. The monoisotopic (exact) mass is 401 g/mol. The number of imidazole rings is 1. The molecule has 1 fully saturated rings. The minimum Gasteiger partial charge on any atom is -0.368 e. The maximum atomic E-state index is 9.50. The first-order valence-corrected chi connectivity index (χ1v) is 9.19. The van der Waals surface area contributed by atoms with Crippen molar-refractivity contribution in [2.24, 2.45) is 0 Å². The Kier molecular flexibility index (Phi) is 8.87. The second kappa shape index (κ2) is 10.1. The fourth-order valence-electron chi connectivity index (χ4n) is 2.95. The van der Waals surface area contributed by atoms with Crippen molar-refractivity contribution in [1.82, 2.24) is 15.3 Å². The number of nitrogens with one attached hydrogen (secondary N) is 2.